The first-order chi connectivity index (χ1) is 15.7. The Morgan fingerprint density at radius 2 is 1.55 bits per heavy atom. The standard InChI is InChI=1S/C25H32FN3O3S/c1-18-15-19(2)24(20(3)16-18)33(31,32)29-10-4-5-21(17-29)25(30)28-13-11-27(12-14-28)23-8-6-22(26)7-9-23/h6-9,15-16,21H,4-5,10-14,17H2,1-3H3/t21-/m0/s1. The number of rotatable bonds is 4. The minimum absolute atomic E-state index is 0.0333. The molecule has 0 aliphatic carbocycles. The number of sulfonamides is 1. The van der Waals surface area contributed by atoms with E-state index in [1.54, 1.807) is 12.1 Å². The number of aryl methyl sites for hydroxylation is 3. The van der Waals surface area contributed by atoms with Gasteiger partial charge in [0.1, 0.15) is 5.82 Å². The monoisotopic (exact) mass is 473 g/mol. The normalized spacial score (nSPS) is 20.2. The van der Waals surface area contributed by atoms with E-state index < -0.39 is 10.0 Å². The van der Waals surface area contributed by atoms with E-state index in [2.05, 4.69) is 4.90 Å². The summed E-state index contributed by atoms with van der Waals surface area (Å²) in [5.41, 5.74) is 3.48. The minimum Gasteiger partial charge on any atom is -0.368 e. The number of benzene rings is 2. The first-order valence-electron chi connectivity index (χ1n) is 11.5. The zero-order chi connectivity index (χ0) is 23.8. The van der Waals surface area contributed by atoms with Crippen molar-refractivity contribution in [3.05, 3.63) is 58.9 Å². The maximum absolute atomic E-state index is 13.5. The molecule has 2 aliphatic rings. The third-order valence-corrected chi connectivity index (χ3v) is 8.89. The van der Waals surface area contributed by atoms with Crippen LogP contribution >= 0.6 is 0 Å². The highest BCUT2D eigenvalue weighted by Crippen LogP contribution is 2.30. The molecule has 1 amide bonds. The van der Waals surface area contributed by atoms with Gasteiger partial charge in [-0.3, -0.25) is 4.79 Å². The highest BCUT2D eigenvalue weighted by atomic mass is 32.2. The molecule has 0 N–H and O–H groups in total. The molecule has 2 fully saturated rings. The van der Waals surface area contributed by atoms with Gasteiger partial charge in [0.15, 0.2) is 0 Å². The van der Waals surface area contributed by atoms with Gasteiger partial charge in [-0.2, -0.15) is 4.31 Å². The fraction of sp³-hybridized carbons (Fsp3) is 0.480. The van der Waals surface area contributed by atoms with Gasteiger partial charge in [-0.25, -0.2) is 12.8 Å². The molecule has 0 unspecified atom stereocenters. The minimum atomic E-state index is -3.66. The number of carbonyl (C=O) groups is 1. The van der Waals surface area contributed by atoms with Gasteiger partial charge in [0.05, 0.1) is 10.8 Å². The summed E-state index contributed by atoms with van der Waals surface area (Å²) in [6.07, 6.45) is 1.38. The highest BCUT2D eigenvalue weighted by Gasteiger charge is 2.37. The summed E-state index contributed by atoms with van der Waals surface area (Å²) in [5.74, 6) is -0.552. The molecule has 178 valence electrons. The molecule has 0 spiro atoms. The molecular weight excluding hydrogens is 441 g/mol. The van der Waals surface area contributed by atoms with Crippen LogP contribution in [0, 0.1) is 32.5 Å². The number of nitrogens with zero attached hydrogens (tertiary/aromatic N) is 3. The Morgan fingerprint density at radius 3 is 2.15 bits per heavy atom. The van der Waals surface area contributed by atoms with Crippen molar-refractivity contribution in [1.82, 2.24) is 9.21 Å². The summed E-state index contributed by atoms with van der Waals surface area (Å²) in [5, 5.41) is 0. The Kier molecular flexibility index (Phi) is 6.77. The lowest BCUT2D eigenvalue weighted by molar-refractivity contribution is -0.137. The van der Waals surface area contributed by atoms with E-state index in [4.69, 9.17) is 0 Å². The molecule has 0 aromatic heterocycles. The Hall–Kier alpha value is -2.45. The number of anilines is 1. The van der Waals surface area contributed by atoms with Crippen LogP contribution in [0.15, 0.2) is 41.3 Å². The molecule has 2 saturated heterocycles. The molecule has 0 saturated carbocycles. The second kappa shape index (κ2) is 9.43. The average molecular weight is 474 g/mol. The van der Waals surface area contributed by atoms with E-state index in [-0.39, 0.29) is 24.2 Å². The van der Waals surface area contributed by atoms with Gasteiger partial charge in [-0.05, 0) is 69.0 Å². The van der Waals surface area contributed by atoms with Crippen molar-refractivity contribution in [2.24, 2.45) is 5.92 Å². The third kappa shape index (κ3) is 4.92. The molecule has 0 bridgehead atoms. The Morgan fingerprint density at radius 1 is 0.939 bits per heavy atom. The van der Waals surface area contributed by atoms with Crippen molar-refractivity contribution < 1.29 is 17.6 Å². The van der Waals surface area contributed by atoms with Crippen LogP contribution in [0.5, 0.6) is 0 Å². The van der Waals surface area contributed by atoms with Gasteiger partial charge in [-0.15, -0.1) is 0 Å². The number of amides is 1. The van der Waals surface area contributed by atoms with Gasteiger partial charge in [0.2, 0.25) is 15.9 Å². The van der Waals surface area contributed by atoms with Gasteiger partial charge < -0.3 is 9.80 Å². The molecule has 2 aromatic rings. The maximum atomic E-state index is 13.5. The number of hydrogen-bond donors (Lipinski definition) is 0. The van der Waals surface area contributed by atoms with Crippen LogP contribution < -0.4 is 4.90 Å². The lowest BCUT2D eigenvalue weighted by Gasteiger charge is -2.39. The van der Waals surface area contributed by atoms with Gasteiger partial charge >= 0.3 is 0 Å². The molecule has 2 aromatic carbocycles. The van der Waals surface area contributed by atoms with Gasteiger partial charge in [0.25, 0.3) is 0 Å². The van der Waals surface area contributed by atoms with Crippen LogP contribution in [0.2, 0.25) is 0 Å². The number of piperazine rings is 1. The zero-order valence-corrected chi connectivity index (χ0v) is 20.4. The van der Waals surface area contributed by atoms with Crippen LogP contribution in [0.25, 0.3) is 0 Å². The molecule has 2 heterocycles. The molecule has 4 rings (SSSR count). The van der Waals surface area contributed by atoms with Crippen molar-refractivity contribution in [3.8, 4) is 0 Å². The van der Waals surface area contributed by atoms with Crippen molar-refractivity contribution in [3.63, 3.8) is 0 Å². The van der Waals surface area contributed by atoms with Crippen LogP contribution in [-0.2, 0) is 14.8 Å². The molecular formula is C25H32FN3O3S. The number of piperidine rings is 1. The predicted octanol–water partition coefficient (Wildman–Crippen LogP) is 3.50. The quantitative estimate of drug-likeness (QED) is 0.682. The largest absolute Gasteiger partial charge is 0.368 e. The highest BCUT2D eigenvalue weighted by molar-refractivity contribution is 7.89. The number of carbonyl (C=O) groups excluding carboxylic acids is 1. The number of halogens is 1. The Labute approximate surface area is 196 Å². The summed E-state index contributed by atoms with van der Waals surface area (Å²) in [4.78, 5) is 17.6. The smallest absolute Gasteiger partial charge is 0.243 e. The van der Waals surface area contributed by atoms with Crippen molar-refractivity contribution in [2.45, 2.75) is 38.5 Å². The SMILES string of the molecule is Cc1cc(C)c(S(=O)(=O)N2CCC[C@H](C(=O)N3CCN(c4ccc(F)cc4)CC3)C2)c(C)c1. The first-order valence-corrected chi connectivity index (χ1v) is 13.0. The van der Waals surface area contributed by atoms with Gasteiger partial charge in [0, 0.05) is 45.0 Å². The van der Waals surface area contributed by atoms with E-state index in [9.17, 15) is 17.6 Å². The van der Waals surface area contributed by atoms with Crippen LogP contribution in [0.1, 0.15) is 29.5 Å². The van der Waals surface area contributed by atoms with Crippen molar-refractivity contribution >= 4 is 21.6 Å². The molecule has 33 heavy (non-hydrogen) atoms. The zero-order valence-electron chi connectivity index (χ0n) is 19.6. The molecule has 6 nitrogen and oxygen atoms in total. The summed E-state index contributed by atoms with van der Waals surface area (Å²) in [6, 6.07) is 10.2. The number of hydrogen-bond acceptors (Lipinski definition) is 4. The van der Waals surface area contributed by atoms with Crippen LogP contribution in [0.4, 0.5) is 10.1 Å². The van der Waals surface area contributed by atoms with Crippen molar-refractivity contribution in [1.29, 1.82) is 0 Å². The van der Waals surface area contributed by atoms with Crippen LogP contribution in [-0.4, -0.2) is 62.8 Å². The molecule has 0 radical (unpaired) electrons. The second-order valence-electron chi connectivity index (χ2n) is 9.22. The molecule has 2 aliphatic heterocycles. The lowest BCUT2D eigenvalue weighted by Crippen LogP contribution is -2.53. The maximum Gasteiger partial charge on any atom is 0.243 e. The van der Waals surface area contributed by atoms with Crippen molar-refractivity contribution in [2.75, 3.05) is 44.2 Å². The fourth-order valence-corrected chi connectivity index (χ4v) is 7.10. The summed E-state index contributed by atoms with van der Waals surface area (Å²) < 4.78 is 41.6. The molecule has 1 atom stereocenters. The van der Waals surface area contributed by atoms with E-state index in [1.165, 1.54) is 16.4 Å². The third-order valence-electron chi connectivity index (χ3n) is 6.72. The Bertz CT molecular complexity index is 1100. The average Bonchev–Trinajstić information content (AvgIpc) is 2.78. The topological polar surface area (TPSA) is 60.9 Å². The summed E-state index contributed by atoms with van der Waals surface area (Å²) in [6.45, 7) is 8.80. The first kappa shape index (κ1) is 23.7. The summed E-state index contributed by atoms with van der Waals surface area (Å²) in [7, 11) is -3.66. The van der Waals surface area contributed by atoms with E-state index in [0.717, 1.165) is 22.4 Å². The molecule has 8 heteroatoms. The van der Waals surface area contributed by atoms with Crippen LogP contribution in [0.3, 0.4) is 0 Å². The van der Waals surface area contributed by atoms with Gasteiger partial charge in [-0.1, -0.05) is 17.7 Å². The van der Waals surface area contributed by atoms with E-state index >= 15 is 0 Å². The second-order valence-corrected chi connectivity index (χ2v) is 11.1. The van der Waals surface area contributed by atoms with E-state index in [1.807, 2.05) is 37.8 Å². The van der Waals surface area contributed by atoms with E-state index in [0.29, 0.717) is 50.5 Å². The lowest BCUT2D eigenvalue weighted by atomic mass is 9.97. The summed E-state index contributed by atoms with van der Waals surface area (Å²) >= 11 is 0. The Balaban J connectivity index is 1.42. The predicted molar refractivity (Wildman–Crippen MR) is 127 cm³/mol. The fourth-order valence-electron chi connectivity index (χ4n) is 5.16.